The van der Waals surface area contributed by atoms with E-state index in [1.54, 1.807) is 48.5 Å². The van der Waals surface area contributed by atoms with Gasteiger partial charge in [0.25, 0.3) is 10.0 Å². The zero-order valence-corrected chi connectivity index (χ0v) is 16.0. The highest BCUT2D eigenvalue weighted by Gasteiger charge is 2.46. The summed E-state index contributed by atoms with van der Waals surface area (Å²) in [5.41, 5.74) is 7.67. The molecule has 2 aliphatic heterocycles. The molecule has 7 nitrogen and oxygen atoms in total. The smallest absolute Gasteiger partial charge is 0.264 e. The van der Waals surface area contributed by atoms with Crippen LogP contribution < -0.4 is 14.8 Å². The van der Waals surface area contributed by atoms with Gasteiger partial charge in [-0.05, 0) is 18.2 Å². The fourth-order valence-electron chi connectivity index (χ4n) is 3.61. The summed E-state index contributed by atoms with van der Waals surface area (Å²) in [7, 11) is -1.01. The van der Waals surface area contributed by atoms with E-state index in [1.807, 2.05) is 6.07 Å². The van der Waals surface area contributed by atoms with Gasteiger partial charge in [0.05, 0.1) is 18.7 Å². The van der Waals surface area contributed by atoms with E-state index in [4.69, 9.17) is 15.2 Å². The first kappa shape index (κ1) is 17.9. The number of ether oxygens (including phenoxy) is 2. The second kappa shape index (κ2) is 6.32. The molecule has 0 unspecified atom stereocenters. The summed E-state index contributed by atoms with van der Waals surface area (Å²) in [6.45, 7) is 0. The molecule has 2 aromatic rings. The lowest BCUT2D eigenvalue weighted by atomic mass is 9.87. The first-order valence-electron chi connectivity index (χ1n) is 8.44. The molecule has 0 fully saturated rings. The van der Waals surface area contributed by atoms with Crippen molar-refractivity contribution in [1.82, 2.24) is 0 Å². The zero-order chi connectivity index (χ0) is 20.1. The second-order valence-corrected chi connectivity index (χ2v) is 8.29. The first-order valence-corrected chi connectivity index (χ1v) is 9.88. The molecule has 4 rings (SSSR count). The molecule has 2 N–H and O–H groups in total. The number of hydrogen-bond donors (Lipinski definition) is 1. The Hall–Kier alpha value is -3.44. The number of anilines is 1. The van der Waals surface area contributed by atoms with E-state index in [-0.39, 0.29) is 22.1 Å². The first-order chi connectivity index (χ1) is 13.4. The summed E-state index contributed by atoms with van der Waals surface area (Å²) < 4.78 is 39.2. The molecule has 2 heterocycles. The molecule has 0 spiro atoms. The molecule has 1 atom stereocenters. The highest BCUT2D eigenvalue weighted by Crippen LogP contribution is 2.51. The molecule has 2 aliphatic rings. The van der Waals surface area contributed by atoms with Crippen LogP contribution >= 0.6 is 0 Å². The van der Waals surface area contributed by atoms with Crippen molar-refractivity contribution < 1.29 is 17.9 Å². The van der Waals surface area contributed by atoms with Gasteiger partial charge in [0.15, 0.2) is 5.76 Å². The van der Waals surface area contributed by atoms with Crippen LogP contribution in [0.5, 0.6) is 5.75 Å². The maximum atomic E-state index is 13.4. The van der Waals surface area contributed by atoms with Gasteiger partial charge in [0, 0.05) is 18.2 Å². The van der Waals surface area contributed by atoms with E-state index in [1.165, 1.54) is 18.5 Å². The Morgan fingerprint density at radius 1 is 1.18 bits per heavy atom. The Labute approximate surface area is 162 Å². The summed E-state index contributed by atoms with van der Waals surface area (Å²) in [5.74, 6) is -0.461. The van der Waals surface area contributed by atoms with Crippen LogP contribution in [0, 0.1) is 11.3 Å². The number of nitrogens with two attached hydrogens (primary N) is 1. The number of nitrogens with zero attached hydrogens (tertiary/aromatic N) is 2. The lowest BCUT2D eigenvalue weighted by Gasteiger charge is -2.36. The van der Waals surface area contributed by atoms with Crippen LogP contribution in [-0.2, 0) is 14.8 Å². The van der Waals surface area contributed by atoms with Crippen LogP contribution in [-0.4, -0.2) is 22.6 Å². The van der Waals surface area contributed by atoms with Crippen molar-refractivity contribution in [3.8, 4) is 11.8 Å². The van der Waals surface area contributed by atoms with E-state index >= 15 is 0 Å². The maximum Gasteiger partial charge on any atom is 0.264 e. The number of methoxy groups -OCH3 is 1. The molecule has 0 amide bonds. The van der Waals surface area contributed by atoms with Crippen molar-refractivity contribution in [1.29, 1.82) is 5.26 Å². The highest BCUT2D eigenvalue weighted by atomic mass is 32.2. The number of hydrogen-bond acceptors (Lipinski definition) is 6. The van der Waals surface area contributed by atoms with E-state index in [0.29, 0.717) is 22.6 Å². The number of rotatable bonds is 2. The number of benzene rings is 2. The largest absolute Gasteiger partial charge is 0.496 e. The van der Waals surface area contributed by atoms with Gasteiger partial charge in [-0.2, -0.15) is 5.26 Å². The van der Waals surface area contributed by atoms with Crippen molar-refractivity contribution in [2.24, 2.45) is 5.73 Å². The predicted molar refractivity (Wildman–Crippen MR) is 104 cm³/mol. The lowest BCUT2D eigenvalue weighted by Crippen LogP contribution is -2.37. The van der Waals surface area contributed by atoms with Crippen LogP contribution in [0.4, 0.5) is 5.69 Å². The van der Waals surface area contributed by atoms with Crippen LogP contribution in [0.15, 0.2) is 64.9 Å². The Balaban J connectivity index is 2.10. The standard InChI is InChI=1S/C20H17N3O4S/c1-23-15-9-5-3-7-12(15)18-19(28(23,24)25)17(14(11-21)20(22)27-18)13-8-4-6-10-16(13)26-2/h3-10,17H,22H2,1-2H3/t17-/m1/s1. The average molecular weight is 395 g/mol. The third kappa shape index (κ3) is 2.37. The molecule has 0 bridgehead atoms. The molecule has 0 aromatic heterocycles. The quantitative estimate of drug-likeness (QED) is 0.838. The SMILES string of the molecule is COc1ccccc1[C@@H]1C(C#N)=C(N)OC2=C1S(=O)(=O)N(C)c1ccccc12. The minimum absolute atomic E-state index is 0.0241. The Morgan fingerprint density at radius 3 is 2.57 bits per heavy atom. The topological polar surface area (TPSA) is 106 Å². The third-order valence-electron chi connectivity index (χ3n) is 4.95. The molecule has 142 valence electrons. The van der Waals surface area contributed by atoms with E-state index in [2.05, 4.69) is 0 Å². The van der Waals surface area contributed by atoms with Crippen molar-refractivity contribution in [2.45, 2.75) is 5.92 Å². The summed E-state index contributed by atoms with van der Waals surface area (Å²) in [6, 6.07) is 16.0. The predicted octanol–water partition coefficient (Wildman–Crippen LogP) is 2.65. The molecule has 0 saturated heterocycles. The van der Waals surface area contributed by atoms with Crippen molar-refractivity contribution >= 4 is 21.5 Å². The fourth-order valence-corrected chi connectivity index (χ4v) is 5.25. The van der Waals surface area contributed by atoms with Crippen LogP contribution in [0.1, 0.15) is 17.0 Å². The van der Waals surface area contributed by atoms with Gasteiger partial charge in [-0.15, -0.1) is 0 Å². The molecular weight excluding hydrogens is 378 g/mol. The summed E-state index contributed by atoms with van der Waals surface area (Å²) >= 11 is 0. The van der Waals surface area contributed by atoms with Crippen LogP contribution in [0.3, 0.4) is 0 Å². The minimum Gasteiger partial charge on any atom is -0.496 e. The normalized spacial score (nSPS) is 20.0. The van der Waals surface area contributed by atoms with Crippen LogP contribution in [0.2, 0.25) is 0 Å². The van der Waals surface area contributed by atoms with E-state index in [0.717, 1.165) is 0 Å². The molecule has 8 heteroatoms. The van der Waals surface area contributed by atoms with Crippen molar-refractivity contribution in [3.05, 3.63) is 76.0 Å². The van der Waals surface area contributed by atoms with Crippen molar-refractivity contribution in [3.63, 3.8) is 0 Å². The van der Waals surface area contributed by atoms with Crippen LogP contribution in [0.25, 0.3) is 5.76 Å². The second-order valence-electron chi connectivity index (χ2n) is 6.35. The summed E-state index contributed by atoms with van der Waals surface area (Å²) in [5, 5.41) is 9.74. The highest BCUT2D eigenvalue weighted by molar-refractivity contribution is 7.96. The third-order valence-corrected chi connectivity index (χ3v) is 6.84. The number of fused-ring (bicyclic) bond motifs is 2. The van der Waals surface area contributed by atoms with E-state index in [9.17, 15) is 13.7 Å². The Morgan fingerprint density at radius 2 is 1.86 bits per heavy atom. The number of allylic oxidation sites excluding steroid dienone is 2. The van der Waals surface area contributed by atoms with Gasteiger partial charge in [-0.25, -0.2) is 8.42 Å². The Kier molecular flexibility index (Phi) is 4.05. The molecule has 2 aromatic carbocycles. The maximum absolute atomic E-state index is 13.4. The van der Waals surface area contributed by atoms with Gasteiger partial charge < -0.3 is 15.2 Å². The van der Waals surface area contributed by atoms with Gasteiger partial charge in [-0.1, -0.05) is 30.3 Å². The van der Waals surface area contributed by atoms with Gasteiger partial charge in [0.1, 0.15) is 22.3 Å². The number of sulfonamides is 1. The lowest BCUT2D eigenvalue weighted by molar-refractivity contribution is 0.356. The monoisotopic (exact) mass is 395 g/mol. The molecule has 0 aliphatic carbocycles. The molecule has 0 saturated carbocycles. The minimum atomic E-state index is -3.97. The summed E-state index contributed by atoms with van der Waals surface area (Å²) in [6.07, 6.45) is 0. The summed E-state index contributed by atoms with van der Waals surface area (Å²) in [4.78, 5) is -0.0241. The van der Waals surface area contributed by atoms with Gasteiger partial charge in [-0.3, -0.25) is 4.31 Å². The van der Waals surface area contributed by atoms with Gasteiger partial charge >= 0.3 is 0 Å². The number of nitriles is 1. The fraction of sp³-hybridized carbons (Fsp3) is 0.150. The zero-order valence-electron chi connectivity index (χ0n) is 15.2. The molecular formula is C20H17N3O4S. The number of para-hydroxylation sites is 2. The average Bonchev–Trinajstić information content (AvgIpc) is 2.71. The molecule has 28 heavy (non-hydrogen) atoms. The Bertz CT molecular complexity index is 1190. The van der Waals surface area contributed by atoms with Crippen molar-refractivity contribution in [2.75, 3.05) is 18.5 Å². The van der Waals surface area contributed by atoms with Gasteiger partial charge in [0.2, 0.25) is 5.88 Å². The molecule has 0 radical (unpaired) electrons. The van der Waals surface area contributed by atoms with E-state index < -0.39 is 15.9 Å².